The molecule has 3 heterocycles. The number of anilines is 3. The number of pyridine rings is 2. The first-order valence-electron chi connectivity index (χ1n) is 8.08. The number of hydrogen-bond donors (Lipinski definition) is 4. The molecule has 0 saturated carbocycles. The summed E-state index contributed by atoms with van der Waals surface area (Å²) in [5, 5.41) is 23.4. The molecule has 3 aromatic heterocycles. The van der Waals surface area contributed by atoms with Crippen molar-refractivity contribution < 1.29 is 9.42 Å². The van der Waals surface area contributed by atoms with E-state index in [1.54, 1.807) is 25.4 Å². The highest BCUT2D eigenvalue weighted by Gasteiger charge is 2.10. The smallest absolute Gasteiger partial charge is 0.320 e. The van der Waals surface area contributed by atoms with Crippen LogP contribution in [0, 0.1) is 19.3 Å². The Balaban J connectivity index is 1.65. The Morgan fingerprint density at radius 3 is 2.81 bits per heavy atom. The minimum absolute atomic E-state index is 0.180. The van der Waals surface area contributed by atoms with Gasteiger partial charge < -0.3 is 16.0 Å². The van der Waals surface area contributed by atoms with E-state index in [2.05, 4.69) is 40.9 Å². The van der Waals surface area contributed by atoms with E-state index in [1.165, 1.54) is 6.21 Å². The number of aromatic nitrogens is 4. The quantitative estimate of drug-likeness (QED) is 0.491. The molecular formula is C17H18N8O2. The molecule has 10 nitrogen and oxygen atoms in total. The van der Waals surface area contributed by atoms with Crippen LogP contribution in [0.2, 0.25) is 0 Å². The highest BCUT2D eigenvalue weighted by molar-refractivity contribution is 5.92. The second-order valence-electron chi connectivity index (χ2n) is 5.72. The first-order valence-corrected chi connectivity index (χ1v) is 8.08. The molecule has 0 saturated heterocycles. The second kappa shape index (κ2) is 8.04. The highest BCUT2D eigenvalue weighted by Crippen LogP contribution is 2.21. The van der Waals surface area contributed by atoms with Gasteiger partial charge in [-0.1, -0.05) is 10.3 Å². The van der Waals surface area contributed by atoms with Crippen LogP contribution in [0.3, 0.4) is 0 Å². The average molecular weight is 366 g/mol. The third-order valence-electron chi connectivity index (χ3n) is 3.67. The third kappa shape index (κ3) is 4.63. The molecule has 4 N–H and O–H groups in total. The van der Waals surface area contributed by atoms with E-state index in [-0.39, 0.29) is 6.54 Å². The first-order chi connectivity index (χ1) is 13.0. The Morgan fingerprint density at radius 2 is 2.11 bits per heavy atom. The molecule has 0 bridgehead atoms. The predicted octanol–water partition coefficient (Wildman–Crippen LogP) is 2.54. The minimum Gasteiger partial charge on any atom is -0.354 e. The van der Waals surface area contributed by atoms with Crippen molar-refractivity contribution in [2.45, 2.75) is 20.4 Å². The van der Waals surface area contributed by atoms with Crippen molar-refractivity contribution in [3.05, 3.63) is 53.2 Å². The molecule has 10 heteroatoms. The van der Waals surface area contributed by atoms with Crippen molar-refractivity contribution in [3.63, 3.8) is 0 Å². The van der Waals surface area contributed by atoms with Crippen molar-refractivity contribution in [2.24, 2.45) is 0 Å². The van der Waals surface area contributed by atoms with Gasteiger partial charge in [-0.25, -0.2) is 14.4 Å². The molecule has 0 radical (unpaired) electrons. The van der Waals surface area contributed by atoms with Gasteiger partial charge in [0.05, 0.1) is 18.4 Å². The molecule has 0 aliphatic heterocycles. The number of rotatable bonds is 6. The summed E-state index contributed by atoms with van der Waals surface area (Å²) in [5.74, 6) is 0.317. The Bertz CT molecular complexity index is 969. The fourth-order valence-electron chi connectivity index (χ4n) is 2.28. The Morgan fingerprint density at radius 1 is 1.26 bits per heavy atom. The van der Waals surface area contributed by atoms with Crippen LogP contribution in [0.15, 0.2) is 35.2 Å². The summed E-state index contributed by atoms with van der Waals surface area (Å²) in [6, 6.07) is 4.85. The van der Waals surface area contributed by atoms with Crippen LogP contribution >= 0.6 is 0 Å². The monoisotopic (exact) mass is 366 g/mol. The SMILES string of the molecule is Cc1cc(Nc2cnc(NC(=O)NCc3nonc3C)cc2C=N)ccn1. The fourth-order valence-corrected chi connectivity index (χ4v) is 2.28. The molecule has 3 rings (SSSR count). The van der Waals surface area contributed by atoms with Gasteiger partial charge in [0.15, 0.2) is 0 Å². The molecule has 0 aromatic carbocycles. The van der Waals surface area contributed by atoms with E-state index in [0.717, 1.165) is 11.4 Å². The van der Waals surface area contributed by atoms with Crippen LogP contribution in [0.1, 0.15) is 22.6 Å². The summed E-state index contributed by atoms with van der Waals surface area (Å²) in [6.45, 7) is 3.81. The lowest BCUT2D eigenvalue weighted by Crippen LogP contribution is -2.29. The highest BCUT2D eigenvalue weighted by atomic mass is 16.6. The predicted molar refractivity (Wildman–Crippen MR) is 99.3 cm³/mol. The van der Waals surface area contributed by atoms with Crippen LogP contribution in [0.25, 0.3) is 0 Å². The number of aryl methyl sites for hydroxylation is 2. The van der Waals surface area contributed by atoms with Gasteiger partial charge in [0.25, 0.3) is 0 Å². The normalized spacial score (nSPS) is 10.3. The van der Waals surface area contributed by atoms with E-state index in [4.69, 9.17) is 5.41 Å². The average Bonchev–Trinajstić information content (AvgIpc) is 3.06. The van der Waals surface area contributed by atoms with Gasteiger partial charge in [-0.3, -0.25) is 10.3 Å². The van der Waals surface area contributed by atoms with E-state index >= 15 is 0 Å². The molecule has 2 amide bonds. The zero-order valence-corrected chi connectivity index (χ0v) is 14.8. The summed E-state index contributed by atoms with van der Waals surface area (Å²) < 4.78 is 4.58. The van der Waals surface area contributed by atoms with Gasteiger partial charge in [-0.05, 0) is 32.0 Å². The van der Waals surface area contributed by atoms with Crippen LogP contribution in [0.5, 0.6) is 0 Å². The summed E-state index contributed by atoms with van der Waals surface area (Å²) in [4.78, 5) is 20.4. The maximum Gasteiger partial charge on any atom is 0.320 e. The van der Waals surface area contributed by atoms with Gasteiger partial charge >= 0.3 is 6.03 Å². The molecule has 0 unspecified atom stereocenters. The molecule has 0 fully saturated rings. The Hall–Kier alpha value is -3.82. The topological polar surface area (TPSA) is 142 Å². The third-order valence-corrected chi connectivity index (χ3v) is 3.67. The summed E-state index contributed by atoms with van der Waals surface area (Å²) in [5.41, 5.74) is 4.09. The van der Waals surface area contributed by atoms with E-state index in [9.17, 15) is 4.79 Å². The molecule has 0 spiro atoms. The van der Waals surface area contributed by atoms with Crippen molar-refractivity contribution in [3.8, 4) is 0 Å². The van der Waals surface area contributed by atoms with E-state index in [0.29, 0.717) is 28.5 Å². The zero-order chi connectivity index (χ0) is 19.2. The maximum atomic E-state index is 12.0. The van der Waals surface area contributed by atoms with Gasteiger partial charge in [0, 0.05) is 29.4 Å². The van der Waals surface area contributed by atoms with Crippen molar-refractivity contribution in [1.29, 1.82) is 5.41 Å². The van der Waals surface area contributed by atoms with Gasteiger partial charge in [0.1, 0.15) is 17.2 Å². The number of carbonyl (C=O) groups excluding carboxylic acids is 1. The molecule has 0 aliphatic carbocycles. The molecule has 138 valence electrons. The molecule has 3 aromatic rings. The summed E-state index contributed by atoms with van der Waals surface area (Å²) >= 11 is 0. The number of carbonyl (C=O) groups is 1. The van der Waals surface area contributed by atoms with Crippen molar-refractivity contribution >= 4 is 29.4 Å². The van der Waals surface area contributed by atoms with Crippen LogP contribution in [-0.4, -0.2) is 32.5 Å². The summed E-state index contributed by atoms with van der Waals surface area (Å²) in [7, 11) is 0. The molecular weight excluding hydrogens is 348 g/mol. The second-order valence-corrected chi connectivity index (χ2v) is 5.72. The van der Waals surface area contributed by atoms with Crippen molar-refractivity contribution in [2.75, 3.05) is 10.6 Å². The molecule has 0 atom stereocenters. The van der Waals surface area contributed by atoms with Gasteiger partial charge in [-0.2, -0.15) is 0 Å². The fraction of sp³-hybridized carbons (Fsp3) is 0.176. The number of nitrogens with one attached hydrogen (secondary N) is 4. The summed E-state index contributed by atoms with van der Waals surface area (Å²) in [6.07, 6.45) is 4.44. The lowest BCUT2D eigenvalue weighted by molar-refractivity contribution is 0.251. The van der Waals surface area contributed by atoms with Crippen LogP contribution in [0.4, 0.5) is 22.0 Å². The van der Waals surface area contributed by atoms with E-state index in [1.807, 2.05) is 19.1 Å². The Labute approximate surface area is 154 Å². The van der Waals surface area contributed by atoms with Crippen LogP contribution < -0.4 is 16.0 Å². The lowest BCUT2D eigenvalue weighted by atomic mass is 10.2. The van der Waals surface area contributed by atoms with Crippen molar-refractivity contribution in [1.82, 2.24) is 25.6 Å². The van der Waals surface area contributed by atoms with Crippen LogP contribution in [-0.2, 0) is 6.54 Å². The zero-order valence-electron chi connectivity index (χ0n) is 14.8. The maximum absolute atomic E-state index is 12.0. The molecule has 27 heavy (non-hydrogen) atoms. The first kappa shape index (κ1) is 18.0. The standard InChI is InChI=1S/C17H18N8O2/c1-10-5-13(3-4-19-10)22-15-9-20-16(6-12(15)7-18)23-17(26)21-8-14-11(2)24-27-25-14/h3-7,9,18H,8H2,1-2H3,(H,19,22)(H2,20,21,23,26). The number of hydrogen-bond acceptors (Lipinski definition) is 8. The number of nitrogens with zero attached hydrogens (tertiary/aromatic N) is 4. The van der Waals surface area contributed by atoms with Gasteiger partial charge in [-0.15, -0.1) is 0 Å². The number of urea groups is 1. The number of amides is 2. The van der Waals surface area contributed by atoms with Gasteiger partial charge in [0.2, 0.25) is 0 Å². The largest absolute Gasteiger partial charge is 0.354 e. The molecule has 0 aliphatic rings. The van der Waals surface area contributed by atoms with E-state index < -0.39 is 6.03 Å². The lowest BCUT2D eigenvalue weighted by Gasteiger charge is -2.11. The Kier molecular flexibility index (Phi) is 5.36. The minimum atomic E-state index is -0.453.